The Hall–Kier alpha value is -0.995. The van der Waals surface area contributed by atoms with Gasteiger partial charge in [-0.25, -0.2) is 0 Å². The molecule has 0 fully saturated rings. The van der Waals surface area contributed by atoms with Crippen LogP contribution < -0.4 is 10.2 Å². The van der Waals surface area contributed by atoms with Crippen LogP contribution in [0.5, 0.6) is 5.75 Å². The Morgan fingerprint density at radius 3 is 2.79 bits per heavy atom. The number of benzene rings is 1. The molecule has 1 unspecified atom stereocenters. The van der Waals surface area contributed by atoms with Crippen LogP contribution in [0.2, 0.25) is 0 Å². The fourth-order valence-corrected chi connectivity index (χ4v) is 1.25. The monoisotopic (exact) mass is 192 g/mol. The molecule has 0 saturated carbocycles. The average molecular weight is 192 g/mol. The molecule has 0 aliphatic carbocycles. The van der Waals surface area contributed by atoms with E-state index in [9.17, 15) is 5.11 Å². The molecule has 0 aliphatic heterocycles. The van der Waals surface area contributed by atoms with E-state index in [0.717, 1.165) is 5.56 Å². The van der Waals surface area contributed by atoms with E-state index >= 15 is 0 Å². The topological polar surface area (TPSA) is 49.7 Å². The highest BCUT2D eigenvalue weighted by atomic mass is 16.5. The normalized spacial score (nSPS) is 12.5. The van der Waals surface area contributed by atoms with Gasteiger partial charge in [0.1, 0.15) is 13.6 Å². The molecule has 0 bridgehead atoms. The Labute approximate surface area is 84.7 Å². The lowest BCUT2D eigenvalue weighted by Gasteiger charge is -2.12. The maximum Gasteiger partial charge on any atom is 0.121 e. The zero-order chi connectivity index (χ0) is 10.6. The SMILES string of the molecule is [B]c1ccc(CC(O)CO)c(OC)c1. The third-order valence-electron chi connectivity index (χ3n) is 1.98. The summed E-state index contributed by atoms with van der Waals surface area (Å²) in [7, 11) is 7.12. The maximum atomic E-state index is 9.26. The van der Waals surface area contributed by atoms with Gasteiger partial charge in [0, 0.05) is 6.42 Å². The summed E-state index contributed by atoms with van der Waals surface area (Å²) in [4.78, 5) is 0. The van der Waals surface area contributed by atoms with Crippen LogP contribution in [-0.2, 0) is 6.42 Å². The number of aliphatic hydroxyl groups is 2. The van der Waals surface area contributed by atoms with E-state index in [4.69, 9.17) is 17.7 Å². The number of ether oxygens (including phenoxy) is 1. The average Bonchev–Trinajstić information content (AvgIpc) is 2.20. The lowest BCUT2D eigenvalue weighted by Crippen LogP contribution is -2.16. The van der Waals surface area contributed by atoms with E-state index in [1.807, 2.05) is 0 Å². The zero-order valence-electron chi connectivity index (χ0n) is 8.10. The van der Waals surface area contributed by atoms with Gasteiger partial charge in [-0.2, -0.15) is 0 Å². The van der Waals surface area contributed by atoms with Crippen molar-refractivity contribution in [3.63, 3.8) is 0 Å². The van der Waals surface area contributed by atoms with Crippen LogP contribution in [0.15, 0.2) is 18.2 Å². The van der Waals surface area contributed by atoms with E-state index in [-0.39, 0.29) is 6.61 Å². The molecule has 0 spiro atoms. The number of rotatable bonds is 4. The molecule has 0 amide bonds. The Kier molecular flexibility index (Phi) is 3.98. The third-order valence-corrected chi connectivity index (χ3v) is 1.98. The molecule has 1 aromatic rings. The first-order valence-electron chi connectivity index (χ1n) is 4.38. The van der Waals surface area contributed by atoms with Crippen molar-refractivity contribution in [1.82, 2.24) is 0 Å². The van der Waals surface area contributed by atoms with E-state index in [1.54, 1.807) is 25.3 Å². The van der Waals surface area contributed by atoms with Gasteiger partial charge in [0.15, 0.2) is 0 Å². The number of hydrogen-bond donors (Lipinski definition) is 2. The summed E-state index contributed by atoms with van der Waals surface area (Å²) in [5.41, 5.74) is 1.45. The predicted molar refractivity (Wildman–Crippen MR) is 55.2 cm³/mol. The van der Waals surface area contributed by atoms with Gasteiger partial charge in [-0.1, -0.05) is 17.6 Å². The van der Waals surface area contributed by atoms with Crippen LogP contribution in [0.4, 0.5) is 0 Å². The minimum Gasteiger partial charge on any atom is -0.496 e. The fraction of sp³-hybridized carbons (Fsp3) is 0.400. The zero-order valence-corrected chi connectivity index (χ0v) is 8.10. The van der Waals surface area contributed by atoms with Crippen LogP contribution in [-0.4, -0.2) is 37.9 Å². The van der Waals surface area contributed by atoms with Gasteiger partial charge in [0.25, 0.3) is 0 Å². The van der Waals surface area contributed by atoms with E-state index < -0.39 is 6.10 Å². The standard InChI is InChI=1S/C10H13BO3/c1-14-10-5-8(11)3-2-7(10)4-9(13)6-12/h2-3,5,9,12-13H,4,6H2,1H3. The highest BCUT2D eigenvalue weighted by molar-refractivity contribution is 6.32. The van der Waals surface area contributed by atoms with Gasteiger partial charge in [0.05, 0.1) is 19.8 Å². The fourth-order valence-electron chi connectivity index (χ4n) is 1.25. The molecule has 1 rings (SSSR count). The van der Waals surface area contributed by atoms with Crippen LogP contribution >= 0.6 is 0 Å². The third kappa shape index (κ3) is 2.75. The van der Waals surface area contributed by atoms with Crippen molar-refractivity contribution < 1.29 is 14.9 Å². The number of hydrogen-bond acceptors (Lipinski definition) is 3. The minimum absolute atomic E-state index is 0.256. The molecular formula is C10H13BO3. The molecule has 0 aliphatic rings. The van der Waals surface area contributed by atoms with Crippen molar-refractivity contribution in [2.75, 3.05) is 13.7 Å². The molecule has 3 nitrogen and oxygen atoms in total. The summed E-state index contributed by atoms with van der Waals surface area (Å²) < 4.78 is 5.10. The number of methoxy groups -OCH3 is 1. The lowest BCUT2D eigenvalue weighted by molar-refractivity contribution is 0.0950. The summed E-state index contributed by atoms with van der Waals surface area (Å²) in [6, 6.07) is 5.22. The molecule has 74 valence electrons. The summed E-state index contributed by atoms with van der Waals surface area (Å²) in [6.07, 6.45) is -0.396. The first kappa shape index (κ1) is 11.1. The number of aliphatic hydroxyl groups excluding tert-OH is 2. The van der Waals surface area contributed by atoms with Crippen LogP contribution in [0, 0.1) is 0 Å². The van der Waals surface area contributed by atoms with Gasteiger partial charge >= 0.3 is 0 Å². The first-order valence-corrected chi connectivity index (χ1v) is 4.38. The molecule has 1 aromatic carbocycles. The van der Waals surface area contributed by atoms with Crippen molar-refractivity contribution in [1.29, 1.82) is 0 Å². The molecule has 14 heavy (non-hydrogen) atoms. The van der Waals surface area contributed by atoms with Crippen LogP contribution in [0.3, 0.4) is 0 Å². The maximum absolute atomic E-state index is 9.26. The van der Waals surface area contributed by atoms with Gasteiger partial charge in [0.2, 0.25) is 0 Å². The lowest BCUT2D eigenvalue weighted by atomic mass is 9.93. The molecule has 2 radical (unpaired) electrons. The van der Waals surface area contributed by atoms with Crippen molar-refractivity contribution in [2.45, 2.75) is 12.5 Å². The second-order valence-electron chi connectivity index (χ2n) is 3.11. The molecule has 0 heterocycles. The minimum atomic E-state index is -0.757. The first-order chi connectivity index (χ1) is 6.67. The molecule has 1 atom stereocenters. The van der Waals surface area contributed by atoms with E-state index in [0.29, 0.717) is 17.6 Å². The summed E-state index contributed by atoms with van der Waals surface area (Å²) in [6.45, 7) is -0.256. The Morgan fingerprint density at radius 1 is 1.50 bits per heavy atom. The van der Waals surface area contributed by atoms with Crippen molar-refractivity contribution in [2.24, 2.45) is 0 Å². The molecule has 0 saturated heterocycles. The summed E-state index contributed by atoms with van der Waals surface area (Å²) >= 11 is 0. The van der Waals surface area contributed by atoms with E-state index in [1.165, 1.54) is 0 Å². The molecule has 2 N–H and O–H groups in total. The second-order valence-corrected chi connectivity index (χ2v) is 3.11. The van der Waals surface area contributed by atoms with Crippen LogP contribution in [0.1, 0.15) is 5.56 Å². The predicted octanol–water partition coefficient (Wildman–Crippen LogP) is -0.615. The Bertz CT molecular complexity index is 301. The smallest absolute Gasteiger partial charge is 0.121 e. The quantitative estimate of drug-likeness (QED) is 0.625. The van der Waals surface area contributed by atoms with Crippen molar-refractivity contribution in [3.8, 4) is 5.75 Å². The Balaban J connectivity index is 2.85. The van der Waals surface area contributed by atoms with Crippen molar-refractivity contribution in [3.05, 3.63) is 23.8 Å². The van der Waals surface area contributed by atoms with Crippen LogP contribution in [0.25, 0.3) is 0 Å². The largest absolute Gasteiger partial charge is 0.496 e. The highest BCUT2D eigenvalue weighted by Crippen LogP contribution is 2.17. The van der Waals surface area contributed by atoms with Gasteiger partial charge in [-0.15, -0.1) is 0 Å². The molecular weight excluding hydrogens is 179 g/mol. The molecule has 0 aromatic heterocycles. The highest BCUT2D eigenvalue weighted by Gasteiger charge is 2.08. The summed E-state index contributed by atoms with van der Waals surface area (Å²) in [5.74, 6) is 0.637. The van der Waals surface area contributed by atoms with Gasteiger partial charge in [-0.05, 0) is 11.6 Å². The summed E-state index contributed by atoms with van der Waals surface area (Å²) in [5, 5.41) is 18.0. The van der Waals surface area contributed by atoms with Crippen molar-refractivity contribution >= 4 is 13.3 Å². The molecule has 4 heteroatoms. The van der Waals surface area contributed by atoms with Gasteiger partial charge < -0.3 is 14.9 Å². The van der Waals surface area contributed by atoms with Gasteiger partial charge in [-0.3, -0.25) is 0 Å². The Morgan fingerprint density at radius 2 is 2.21 bits per heavy atom. The van der Waals surface area contributed by atoms with E-state index in [2.05, 4.69) is 0 Å². The second kappa shape index (κ2) is 5.03.